The highest BCUT2D eigenvalue weighted by Crippen LogP contribution is 2.06. The zero-order valence-corrected chi connectivity index (χ0v) is 6.27. The fourth-order valence-electron chi connectivity index (χ4n) is 1.13. The highest BCUT2D eigenvalue weighted by molar-refractivity contribution is 6.62. The van der Waals surface area contributed by atoms with Crippen molar-refractivity contribution in [2.75, 3.05) is 5.73 Å². The van der Waals surface area contributed by atoms with Gasteiger partial charge in [0.15, 0.2) is 0 Å². The van der Waals surface area contributed by atoms with Gasteiger partial charge < -0.3 is 15.5 Å². The minimum absolute atomic E-state index is 0.603. The van der Waals surface area contributed by atoms with Gasteiger partial charge in [0.1, 0.15) is 0 Å². The van der Waals surface area contributed by atoms with Crippen molar-refractivity contribution in [2.45, 2.75) is 0 Å². The van der Waals surface area contributed by atoms with E-state index in [-0.39, 0.29) is 0 Å². The second-order valence-electron chi connectivity index (χ2n) is 2.58. The van der Waals surface area contributed by atoms with Crippen LogP contribution in [0.5, 0.6) is 0 Å². The minimum atomic E-state index is -0.992. The van der Waals surface area contributed by atoms with Crippen molar-refractivity contribution >= 4 is 24.5 Å². The lowest BCUT2D eigenvalue weighted by Crippen LogP contribution is -2.37. The molecule has 0 amide bonds. The maximum absolute atomic E-state index is 9.29. The molecule has 0 fully saturated rings. The van der Waals surface area contributed by atoms with Crippen LogP contribution < -0.4 is 11.2 Å². The molecule has 0 aliphatic carbocycles. The predicted octanol–water partition coefficient (Wildman–Crippen LogP) is -0.680. The summed E-state index contributed by atoms with van der Waals surface area (Å²) in [6.07, 6.45) is 1.54. The standard InChI is InChI=1S/C7H7BN2O2/c9-6-2-1-5-4-10-12-8(11)7(5)3-6/h1-4,11H,9H2. The van der Waals surface area contributed by atoms with Gasteiger partial charge in [-0.1, -0.05) is 6.07 Å². The Bertz CT molecular complexity index is 340. The molecule has 0 atom stereocenters. The van der Waals surface area contributed by atoms with Crippen molar-refractivity contribution in [3.8, 4) is 0 Å². The molecule has 1 aliphatic heterocycles. The lowest BCUT2D eigenvalue weighted by atomic mass is 9.76. The minimum Gasteiger partial charge on any atom is -0.427 e. The van der Waals surface area contributed by atoms with Crippen LogP contribution in [-0.4, -0.2) is 18.4 Å². The molecular formula is C7H7BN2O2. The summed E-state index contributed by atoms with van der Waals surface area (Å²) >= 11 is 0. The molecule has 1 aromatic carbocycles. The van der Waals surface area contributed by atoms with Gasteiger partial charge in [-0.2, -0.15) is 0 Å². The van der Waals surface area contributed by atoms with E-state index in [1.807, 2.05) is 0 Å². The van der Waals surface area contributed by atoms with Gasteiger partial charge >= 0.3 is 7.12 Å². The number of fused-ring (bicyclic) bond motifs is 1. The summed E-state index contributed by atoms with van der Waals surface area (Å²) in [4.78, 5) is 0. The van der Waals surface area contributed by atoms with E-state index in [1.165, 1.54) is 0 Å². The number of nitrogen functional groups attached to an aromatic ring is 1. The van der Waals surface area contributed by atoms with Crippen molar-refractivity contribution in [2.24, 2.45) is 5.16 Å². The number of rotatable bonds is 0. The highest BCUT2D eigenvalue weighted by atomic mass is 16.6. The quantitative estimate of drug-likeness (QED) is 0.392. The van der Waals surface area contributed by atoms with Crippen LogP contribution in [-0.2, 0) is 4.76 Å². The van der Waals surface area contributed by atoms with Crippen molar-refractivity contribution in [3.05, 3.63) is 23.8 Å². The van der Waals surface area contributed by atoms with Gasteiger partial charge in [0.05, 0.1) is 6.21 Å². The Hall–Kier alpha value is -1.49. The highest BCUT2D eigenvalue weighted by Gasteiger charge is 2.24. The lowest BCUT2D eigenvalue weighted by Gasteiger charge is -2.12. The van der Waals surface area contributed by atoms with E-state index in [1.54, 1.807) is 24.4 Å². The first-order valence-corrected chi connectivity index (χ1v) is 3.54. The third-order valence-electron chi connectivity index (χ3n) is 1.73. The summed E-state index contributed by atoms with van der Waals surface area (Å²) in [5.41, 5.74) is 7.63. The molecule has 0 radical (unpaired) electrons. The topological polar surface area (TPSA) is 67.8 Å². The Kier molecular flexibility index (Phi) is 1.51. The number of hydrogen-bond donors (Lipinski definition) is 2. The number of nitrogens with two attached hydrogens (primary N) is 1. The van der Waals surface area contributed by atoms with Crippen LogP contribution in [0.3, 0.4) is 0 Å². The Labute approximate surface area is 69.8 Å². The van der Waals surface area contributed by atoms with Crippen LogP contribution in [0.25, 0.3) is 0 Å². The van der Waals surface area contributed by atoms with Gasteiger partial charge in [0.2, 0.25) is 0 Å². The monoisotopic (exact) mass is 162 g/mol. The van der Waals surface area contributed by atoms with Crippen LogP contribution in [0.15, 0.2) is 23.4 Å². The predicted molar refractivity (Wildman–Crippen MR) is 47.1 cm³/mol. The van der Waals surface area contributed by atoms with Gasteiger partial charge in [-0.25, -0.2) is 0 Å². The van der Waals surface area contributed by atoms with Gasteiger partial charge in [0.25, 0.3) is 0 Å². The fraction of sp³-hybridized carbons (Fsp3) is 0. The fourth-order valence-corrected chi connectivity index (χ4v) is 1.13. The molecule has 0 saturated carbocycles. The molecule has 0 unspecified atom stereocenters. The van der Waals surface area contributed by atoms with Crippen LogP contribution >= 0.6 is 0 Å². The van der Waals surface area contributed by atoms with Crippen molar-refractivity contribution in [1.29, 1.82) is 0 Å². The first kappa shape index (κ1) is 7.18. The molecule has 1 aliphatic rings. The Morgan fingerprint density at radius 3 is 3.17 bits per heavy atom. The van der Waals surface area contributed by atoms with E-state index in [4.69, 9.17) is 5.73 Å². The zero-order valence-electron chi connectivity index (χ0n) is 6.27. The summed E-state index contributed by atoms with van der Waals surface area (Å²) < 4.78 is 4.63. The van der Waals surface area contributed by atoms with Crippen molar-refractivity contribution in [1.82, 2.24) is 0 Å². The van der Waals surface area contributed by atoms with E-state index >= 15 is 0 Å². The van der Waals surface area contributed by atoms with Gasteiger partial charge in [-0.3, -0.25) is 0 Å². The average molecular weight is 162 g/mol. The number of benzene rings is 1. The summed E-state index contributed by atoms with van der Waals surface area (Å²) in [5, 5.41) is 12.8. The Morgan fingerprint density at radius 1 is 1.50 bits per heavy atom. The average Bonchev–Trinajstić information content (AvgIpc) is 2.07. The number of oxime groups is 1. The van der Waals surface area contributed by atoms with Gasteiger partial charge in [-0.15, -0.1) is 5.16 Å². The van der Waals surface area contributed by atoms with Gasteiger partial charge in [0, 0.05) is 11.2 Å². The molecule has 12 heavy (non-hydrogen) atoms. The largest absolute Gasteiger partial charge is 0.583 e. The summed E-state index contributed by atoms with van der Waals surface area (Å²) in [6.45, 7) is 0. The van der Waals surface area contributed by atoms with Crippen molar-refractivity contribution < 1.29 is 9.78 Å². The molecule has 2 rings (SSSR count). The third-order valence-corrected chi connectivity index (χ3v) is 1.73. The second kappa shape index (κ2) is 2.53. The number of anilines is 1. The first-order chi connectivity index (χ1) is 5.77. The van der Waals surface area contributed by atoms with Gasteiger partial charge in [-0.05, 0) is 17.7 Å². The normalized spacial score (nSPS) is 13.9. The SMILES string of the molecule is Nc1ccc2c(c1)B(O)ON=C2. The molecule has 1 heterocycles. The third kappa shape index (κ3) is 1.04. The van der Waals surface area contributed by atoms with Crippen LogP contribution in [0.2, 0.25) is 0 Å². The molecule has 0 aromatic heterocycles. The van der Waals surface area contributed by atoms with Crippen LogP contribution in [0.1, 0.15) is 5.56 Å². The van der Waals surface area contributed by atoms with E-state index in [0.29, 0.717) is 11.2 Å². The van der Waals surface area contributed by atoms with Crippen molar-refractivity contribution in [3.63, 3.8) is 0 Å². The first-order valence-electron chi connectivity index (χ1n) is 3.54. The number of hydrogen-bond acceptors (Lipinski definition) is 4. The van der Waals surface area contributed by atoms with Crippen LogP contribution in [0, 0.1) is 0 Å². The second-order valence-corrected chi connectivity index (χ2v) is 2.58. The Morgan fingerprint density at radius 2 is 2.33 bits per heavy atom. The molecule has 1 aromatic rings. The van der Waals surface area contributed by atoms with Crippen LogP contribution in [0.4, 0.5) is 5.69 Å². The molecule has 4 nitrogen and oxygen atoms in total. The molecule has 0 saturated heterocycles. The molecule has 0 spiro atoms. The number of nitrogens with zero attached hydrogens (tertiary/aromatic N) is 1. The van der Waals surface area contributed by atoms with E-state index < -0.39 is 7.12 Å². The molecule has 0 bridgehead atoms. The molecule has 60 valence electrons. The summed E-state index contributed by atoms with van der Waals surface area (Å²) in [6, 6.07) is 5.22. The summed E-state index contributed by atoms with van der Waals surface area (Å²) in [5.74, 6) is 0. The molecule has 3 N–H and O–H groups in total. The molecule has 5 heteroatoms. The van der Waals surface area contributed by atoms with E-state index in [2.05, 4.69) is 9.91 Å². The van der Waals surface area contributed by atoms with E-state index in [9.17, 15) is 5.02 Å². The smallest absolute Gasteiger partial charge is 0.427 e. The summed E-state index contributed by atoms with van der Waals surface area (Å²) in [7, 11) is -0.992. The molecular weight excluding hydrogens is 155 g/mol. The Balaban J connectivity index is 2.56. The zero-order chi connectivity index (χ0) is 8.55. The van der Waals surface area contributed by atoms with E-state index in [0.717, 1.165) is 5.56 Å². The lowest BCUT2D eigenvalue weighted by molar-refractivity contribution is 0.286. The maximum atomic E-state index is 9.29. The maximum Gasteiger partial charge on any atom is 0.583 e.